The molecule has 0 saturated heterocycles. The number of hydrogen-bond donors (Lipinski definition) is 0. The van der Waals surface area contributed by atoms with Crippen molar-refractivity contribution in [3.8, 4) is 0 Å². The first-order chi connectivity index (χ1) is 11.6. The van der Waals surface area contributed by atoms with Gasteiger partial charge in [0.15, 0.2) is 0 Å². The molecule has 0 aromatic heterocycles. The van der Waals surface area contributed by atoms with Gasteiger partial charge < -0.3 is 4.90 Å². The van der Waals surface area contributed by atoms with E-state index in [4.69, 9.17) is 0 Å². The van der Waals surface area contributed by atoms with Crippen LogP contribution in [-0.2, 0) is 4.79 Å². The lowest BCUT2D eigenvalue weighted by atomic mass is 10.1. The van der Waals surface area contributed by atoms with Crippen molar-refractivity contribution >= 4 is 29.2 Å². The molecular weight excluding hydrogens is 308 g/mol. The predicted molar refractivity (Wildman–Crippen MR) is 84.9 cm³/mol. The summed E-state index contributed by atoms with van der Waals surface area (Å²) in [5.74, 6) is -1.94. The molecule has 0 fully saturated rings. The third kappa shape index (κ3) is 1.89. The summed E-state index contributed by atoms with van der Waals surface area (Å²) >= 11 is 0. The molecule has 24 heavy (non-hydrogen) atoms. The number of para-hydroxylation sites is 1. The summed E-state index contributed by atoms with van der Waals surface area (Å²) < 4.78 is 0. The highest BCUT2D eigenvalue weighted by atomic mass is 16.2. The van der Waals surface area contributed by atoms with Crippen LogP contribution in [-0.4, -0.2) is 41.5 Å². The van der Waals surface area contributed by atoms with Crippen LogP contribution in [0, 0.1) is 0 Å². The van der Waals surface area contributed by atoms with Gasteiger partial charge in [0.05, 0.1) is 22.4 Å². The number of nitrogens with zero attached hydrogens (tertiary/aromatic N) is 2. The number of hydrogen-bond acceptors (Lipinski definition) is 4. The fourth-order valence-electron chi connectivity index (χ4n) is 3.11. The summed E-state index contributed by atoms with van der Waals surface area (Å²) in [6, 6.07) is 13.3. The van der Waals surface area contributed by atoms with Crippen molar-refractivity contribution in [2.45, 2.75) is 0 Å². The Balaban J connectivity index is 1.57. The third-order valence-corrected chi connectivity index (χ3v) is 4.30. The van der Waals surface area contributed by atoms with Gasteiger partial charge in [0, 0.05) is 13.1 Å². The van der Waals surface area contributed by atoms with E-state index < -0.39 is 11.7 Å². The van der Waals surface area contributed by atoms with Crippen molar-refractivity contribution in [3.63, 3.8) is 0 Å². The van der Waals surface area contributed by atoms with Crippen molar-refractivity contribution in [2.75, 3.05) is 18.0 Å². The maximum atomic E-state index is 12.3. The molecule has 6 nitrogen and oxygen atoms in total. The number of ketones is 1. The number of anilines is 1. The smallest absolute Gasteiger partial charge is 0.299 e. The van der Waals surface area contributed by atoms with E-state index in [1.165, 1.54) is 4.90 Å². The standard InChI is InChI=1S/C18H12N2O4/c21-15-13-7-3-4-8-14(13)19(18(15)24)9-10-20-16(22)11-5-1-2-6-12(11)17(20)23/h1-8H,9-10H2. The van der Waals surface area contributed by atoms with E-state index >= 15 is 0 Å². The minimum atomic E-state index is -0.632. The van der Waals surface area contributed by atoms with E-state index in [0.29, 0.717) is 22.4 Å². The Morgan fingerprint density at radius 3 is 1.71 bits per heavy atom. The van der Waals surface area contributed by atoms with Crippen LogP contribution in [0.1, 0.15) is 31.1 Å². The van der Waals surface area contributed by atoms with Gasteiger partial charge in [-0.15, -0.1) is 0 Å². The number of amides is 3. The summed E-state index contributed by atoms with van der Waals surface area (Å²) in [6.07, 6.45) is 0. The first-order valence-corrected chi connectivity index (χ1v) is 7.50. The molecule has 2 aliphatic heterocycles. The van der Waals surface area contributed by atoms with Crippen LogP contribution in [0.15, 0.2) is 48.5 Å². The number of rotatable bonds is 3. The fourth-order valence-corrected chi connectivity index (χ4v) is 3.11. The molecule has 0 bridgehead atoms. The molecule has 0 unspecified atom stereocenters. The Labute approximate surface area is 137 Å². The lowest BCUT2D eigenvalue weighted by Crippen LogP contribution is -2.40. The van der Waals surface area contributed by atoms with Gasteiger partial charge in [-0.1, -0.05) is 24.3 Å². The van der Waals surface area contributed by atoms with Crippen LogP contribution in [0.3, 0.4) is 0 Å². The summed E-state index contributed by atoms with van der Waals surface area (Å²) in [5, 5.41) is 0. The van der Waals surface area contributed by atoms with Crippen LogP contribution in [0.2, 0.25) is 0 Å². The Morgan fingerprint density at radius 1 is 0.583 bits per heavy atom. The molecule has 0 radical (unpaired) electrons. The van der Waals surface area contributed by atoms with Crippen LogP contribution in [0.5, 0.6) is 0 Å². The molecule has 118 valence electrons. The van der Waals surface area contributed by atoms with E-state index in [2.05, 4.69) is 0 Å². The zero-order chi connectivity index (χ0) is 16.8. The molecule has 6 heteroatoms. The maximum Gasteiger partial charge on any atom is 0.299 e. The molecule has 0 aliphatic carbocycles. The molecule has 2 heterocycles. The topological polar surface area (TPSA) is 74.8 Å². The van der Waals surface area contributed by atoms with Gasteiger partial charge in [-0.25, -0.2) is 0 Å². The highest BCUT2D eigenvalue weighted by molar-refractivity contribution is 6.52. The van der Waals surface area contributed by atoms with Crippen LogP contribution in [0.25, 0.3) is 0 Å². The minimum absolute atomic E-state index is 0.0414. The quantitative estimate of drug-likeness (QED) is 0.635. The number of carbonyl (C=O) groups is 4. The average molecular weight is 320 g/mol. The molecule has 2 aromatic rings. The first-order valence-electron chi connectivity index (χ1n) is 7.50. The second-order valence-electron chi connectivity index (χ2n) is 5.61. The van der Waals surface area contributed by atoms with Crippen LogP contribution < -0.4 is 4.90 Å². The molecule has 0 saturated carbocycles. The molecule has 0 atom stereocenters. The third-order valence-electron chi connectivity index (χ3n) is 4.30. The van der Waals surface area contributed by atoms with Crippen LogP contribution in [0.4, 0.5) is 5.69 Å². The summed E-state index contributed by atoms with van der Waals surface area (Å²) in [7, 11) is 0. The second-order valence-corrected chi connectivity index (χ2v) is 5.61. The largest absolute Gasteiger partial charge is 0.303 e. The number of imide groups is 1. The van der Waals surface area contributed by atoms with E-state index in [9.17, 15) is 19.2 Å². The SMILES string of the molecule is O=C1C(=O)N(CCN2C(=O)c3ccccc3C2=O)c2ccccc21. The van der Waals surface area contributed by atoms with Gasteiger partial charge in [0.1, 0.15) is 0 Å². The Morgan fingerprint density at radius 2 is 1.08 bits per heavy atom. The molecule has 4 rings (SSSR count). The highest BCUT2D eigenvalue weighted by Crippen LogP contribution is 2.29. The molecule has 0 spiro atoms. The first kappa shape index (κ1) is 14.3. The molecule has 3 amide bonds. The van der Waals surface area contributed by atoms with Gasteiger partial charge in [-0.3, -0.25) is 24.1 Å². The second kappa shape index (κ2) is 5.13. The van der Waals surface area contributed by atoms with E-state index in [1.807, 2.05) is 0 Å². The fraction of sp³-hybridized carbons (Fsp3) is 0.111. The summed E-state index contributed by atoms with van der Waals surface area (Å²) in [4.78, 5) is 51.2. The lowest BCUT2D eigenvalue weighted by molar-refractivity contribution is -0.114. The Kier molecular flexibility index (Phi) is 3.06. The number of fused-ring (bicyclic) bond motifs is 2. The zero-order valence-corrected chi connectivity index (χ0v) is 12.6. The summed E-state index contributed by atoms with van der Waals surface area (Å²) in [6.45, 7) is 0.132. The molecular formula is C18H12N2O4. The predicted octanol–water partition coefficient (Wildman–Crippen LogP) is 1.51. The van der Waals surface area contributed by atoms with Gasteiger partial charge in [0.25, 0.3) is 23.5 Å². The minimum Gasteiger partial charge on any atom is -0.303 e. The monoisotopic (exact) mass is 320 g/mol. The maximum absolute atomic E-state index is 12.3. The normalized spacial score (nSPS) is 16.0. The Hall–Kier alpha value is -3.28. The zero-order valence-electron chi connectivity index (χ0n) is 12.6. The summed E-state index contributed by atoms with van der Waals surface area (Å²) in [5.41, 5.74) is 1.60. The van der Waals surface area contributed by atoms with Crippen molar-refractivity contribution < 1.29 is 19.2 Å². The molecule has 2 aromatic carbocycles. The van der Waals surface area contributed by atoms with Crippen molar-refractivity contribution in [3.05, 3.63) is 65.2 Å². The lowest BCUT2D eigenvalue weighted by Gasteiger charge is -2.20. The van der Waals surface area contributed by atoms with Crippen LogP contribution >= 0.6 is 0 Å². The molecule has 0 N–H and O–H groups in total. The van der Waals surface area contributed by atoms with Crippen molar-refractivity contribution in [1.82, 2.24) is 4.90 Å². The van der Waals surface area contributed by atoms with E-state index in [-0.39, 0.29) is 24.9 Å². The van der Waals surface area contributed by atoms with Crippen molar-refractivity contribution in [2.24, 2.45) is 0 Å². The van der Waals surface area contributed by atoms with Gasteiger partial charge in [0.2, 0.25) is 0 Å². The highest BCUT2D eigenvalue weighted by Gasteiger charge is 2.38. The van der Waals surface area contributed by atoms with Gasteiger partial charge in [-0.05, 0) is 24.3 Å². The van der Waals surface area contributed by atoms with Gasteiger partial charge >= 0.3 is 0 Å². The van der Waals surface area contributed by atoms with Gasteiger partial charge in [-0.2, -0.15) is 0 Å². The number of Topliss-reactive ketones (excluding diaryl/α,β-unsaturated/α-hetero) is 1. The van der Waals surface area contributed by atoms with E-state index in [1.54, 1.807) is 48.5 Å². The van der Waals surface area contributed by atoms with E-state index in [0.717, 1.165) is 4.90 Å². The number of benzene rings is 2. The molecule has 2 aliphatic rings. The van der Waals surface area contributed by atoms with Crippen molar-refractivity contribution in [1.29, 1.82) is 0 Å². The Bertz CT molecular complexity index is 884. The average Bonchev–Trinajstić information content (AvgIpc) is 3.00. The number of carbonyl (C=O) groups excluding carboxylic acids is 4.